The van der Waals surface area contributed by atoms with Crippen molar-refractivity contribution < 1.29 is 19.0 Å². The number of carbonyl (C=O) groups excluding carboxylic acids is 1. The van der Waals surface area contributed by atoms with Crippen LogP contribution in [0.5, 0.6) is 17.2 Å². The smallest absolute Gasteiger partial charge is 0.264 e. The fourth-order valence-corrected chi connectivity index (χ4v) is 4.62. The molecular formula is C29H30ClN3O4S. The topological polar surface area (TPSA) is 92.6 Å². The Morgan fingerprint density at radius 1 is 0.974 bits per heavy atom. The van der Waals surface area contributed by atoms with Crippen LogP contribution in [0.2, 0.25) is 5.02 Å². The molecule has 0 aliphatic carbocycles. The molecule has 3 aromatic carbocycles. The van der Waals surface area contributed by atoms with Crippen molar-refractivity contribution in [2.75, 3.05) is 32.7 Å². The van der Waals surface area contributed by atoms with E-state index in [1.54, 1.807) is 14.2 Å². The molecule has 0 radical (unpaired) electrons. The lowest BCUT2D eigenvalue weighted by molar-refractivity contribution is -0.117. The monoisotopic (exact) mass is 551 g/mol. The number of hydrogen-bond acceptors (Lipinski definition) is 7. The molecule has 0 aromatic heterocycles. The Labute approximate surface area is 232 Å². The van der Waals surface area contributed by atoms with Crippen molar-refractivity contribution in [1.29, 1.82) is 5.26 Å². The first-order valence-corrected chi connectivity index (χ1v) is 13.3. The van der Waals surface area contributed by atoms with Gasteiger partial charge in [-0.05, 0) is 60.9 Å². The van der Waals surface area contributed by atoms with Gasteiger partial charge >= 0.3 is 0 Å². The Morgan fingerprint density at radius 2 is 1.68 bits per heavy atom. The third-order valence-electron chi connectivity index (χ3n) is 5.44. The Kier molecular flexibility index (Phi) is 11.2. The molecule has 0 fully saturated rings. The zero-order valence-corrected chi connectivity index (χ0v) is 23.1. The molecule has 0 bridgehead atoms. The van der Waals surface area contributed by atoms with E-state index in [-0.39, 0.29) is 5.57 Å². The van der Waals surface area contributed by atoms with Gasteiger partial charge in [-0.2, -0.15) is 5.26 Å². The van der Waals surface area contributed by atoms with Crippen molar-refractivity contribution in [3.63, 3.8) is 0 Å². The molecule has 0 aliphatic rings. The number of nitrogens with zero attached hydrogens (tertiary/aromatic N) is 1. The van der Waals surface area contributed by atoms with Crippen molar-refractivity contribution >= 4 is 35.0 Å². The zero-order valence-electron chi connectivity index (χ0n) is 21.5. The van der Waals surface area contributed by atoms with Crippen molar-refractivity contribution in [3.8, 4) is 23.3 Å². The van der Waals surface area contributed by atoms with Crippen LogP contribution in [0.3, 0.4) is 0 Å². The second-order valence-electron chi connectivity index (χ2n) is 7.98. The molecule has 0 saturated heterocycles. The summed E-state index contributed by atoms with van der Waals surface area (Å²) in [4.78, 5) is 13.1. The number of carbonyl (C=O) groups is 1. The van der Waals surface area contributed by atoms with Crippen LogP contribution in [0.4, 0.5) is 5.69 Å². The Morgan fingerprint density at radius 3 is 2.37 bits per heavy atom. The van der Waals surface area contributed by atoms with Gasteiger partial charge in [-0.3, -0.25) is 4.79 Å². The predicted octanol–water partition coefficient (Wildman–Crippen LogP) is 6.20. The minimum absolute atomic E-state index is 0.0115. The molecule has 3 aromatic rings. The van der Waals surface area contributed by atoms with E-state index in [0.717, 1.165) is 11.1 Å². The number of methoxy groups -OCH3 is 2. The average molecular weight is 552 g/mol. The summed E-state index contributed by atoms with van der Waals surface area (Å²) in [5.74, 6) is 1.95. The second kappa shape index (κ2) is 14.8. The molecule has 3 rings (SSSR count). The lowest BCUT2D eigenvalue weighted by atomic mass is 10.1. The first kappa shape index (κ1) is 28.8. The van der Waals surface area contributed by atoms with E-state index in [1.165, 1.54) is 11.8 Å². The van der Waals surface area contributed by atoms with Gasteiger partial charge in [0.2, 0.25) is 0 Å². The van der Waals surface area contributed by atoms with E-state index in [9.17, 15) is 10.1 Å². The molecule has 1 amide bonds. The number of benzene rings is 3. The summed E-state index contributed by atoms with van der Waals surface area (Å²) >= 11 is 7.37. The molecule has 7 nitrogen and oxygen atoms in total. The minimum atomic E-state index is -0.465. The minimum Gasteiger partial charge on any atom is -0.493 e. The number of nitrogens with one attached hydrogen (secondary N) is 2. The zero-order chi connectivity index (χ0) is 27.3. The Bertz CT molecular complexity index is 1310. The van der Waals surface area contributed by atoms with Crippen LogP contribution in [0.25, 0.3) is 0 Å². The normalized spacial score (nSPS) is 11.1. The summed E-state index contributed by atoms with van der Waals surface area (Å²) in [6.45, 7) is 2.72. The quantitative estimate of drug-likeness (QED) is 0.193. The second-order valence-corrected chi connectivity index (χ2v) is 9.40. The van der Waals surface area contributed by atoms with Crippen LogP contribution in [0, 0.1) is 11.3 Å². The summed E-state index contributed by atoms with van der Waals surface area (Å²) < 4.78 is 16.4. The van der Waals surface area contributed by atoms with Gasteiger partial charge in [0.25, 0.3) is 5.91 Å². The number of rotatable bonds is 13. The van der Waals surface area contributed by atoms with Crippen molar-refractivity contribution in [3.05, 3.63) is 93.5 Å². The molecule has 0 unspecified atom stereocenters. The van der Waals surface area contributed by atoms with Crippen LogP contribution in [0.15, 0.2) is 77.3 Å². The van der Waals surface area contributed by atoms with Gasteiger partial charge in [-0.15, -0.1) is 11.8 Å². The highest BCUT2D eigenvalue weighted by atomic mass is 35.5. The molecule has 0 heterocycles. The summed E-state index contributed by atoms with van der Waals surface area (Å²) in [6, 6.07) is 22.5. The molecule has 38 heavy (non-hydrogen) atoms. The van der Waals surface area contributed by atoms with E-state index in [4.69, 9.17) is 25.8 Å². The van der Waals surface area contributed by atoms with E-state index in [1.807, 2.05) is 73.7 Å². The van der Waals surface area contributed by atoms with Crippen LogP contribution >= 0.6 is 23.4 Å². The number of amides is 1. The van der Waals surface area contributed by atoms with E-state index in [0.29, 0.717) is 58.3 Å². The van der Waals surface area contributed by atoms with Gasteiger partial charge in [0, 0.05) is 17.3 Å². The average Bonchev–Trinajstić information content (AvgIpc) is 2.93. The third kappa shape index (κ3) is 8.10. The number of halogens is 1. The molecule has 0 atom stereocenters. The molecule has 9 heteroatoms. The van der Waals surface area contributed by atoms with Crippen LogP contribution in [0.1, 0.15) is 18.1 Å². The van der Waals surface area contributed by atoms with Crippen molar-refractivity contribution in [2.24, 2.45) is 0 Å². The maximum absolute atomic E-state index is 13.1. The molecular weight excluding hydrogens is 522 g/mol. The number of hydrogen-bond donors (Lipinski definition) is 2. The summed E-state index contributed by atoms with van der Waals surface area (Å²) in [5, 5.41) is 17.2. The maximum atomic E-state index is 13.1. The largest absolute Gasteiger partial charge is 0.493 e. The first-order valence-electron chi connectivity index (χ1n) is 12.0. The fourth-order valence-electron chi connectivity index (χ4n) is 3.53. The first-order chi connectivity index (χ1) is 18.5. The number of para-hydroxylation sites is 2. The lowest BCUT2D eigenvalue weighted by Crippen LogP contribution is -2.28. The fraction of sp³-hybridized carbons (Fsp3) is 0.241. The Balaban J connectivity index is 1.80. The SMILES string of the molecule is CCOc1ccccc1NC(SCc1ccc(Cl)cc1)=C(C#N)C(=O)NCCc1ccc(OC)c(OC)c1. The van der Waals surface area contributed by atoms with Gasteiger partial charge in [0.15, 0.2) is 11.5 Å². The van der Waals surface area contributed by atoms with Crippen molar-refractivity contribution in [2.45, 2.75) is 19.1 Å². The predicted molar refractivity (Wildman–Crippen MR) is 153 cm³/mol. The van der Waals surface area contributed by atoms with Crippen LogP contribution in [-0.2, 0) is 17.0 Å². The van der Waals surface area contributed by atoms with Crippen molar-refractivity contribution in [1.82, 2.24) is 5.32 Å². The highest BCUT2D eigenvalue weighted by molar-refractivity contribution is 8.02. The van der Waals surface area contributed by atoms with Gasteiger partial charge < -0.3 is 24.8 Å². The molecule has 0 spiro atoms. The highest BCUT2D eigenvalue weighted by Crippen LogP contribution is 2.32. The van der Waals surface area contributed by atoms with Gasteiger partial charge in [-0.25, -0.2) is 0 Å². The molecule has 2 N–H and O–H groups in total. The molecule has 198 valence electrons. The molecule has 0 saturated carbocycles. The Hall–Kier alpha value is -3.80. The number of nitriles is 1. The van der Waals surface area contributed by atoms with E-state index in [2.05, 4.69) is 16.7 Å². The standard InChI is InChI=1S/C29H30ClN3O4S/c1-4-37-25-8-6-5-7-24(25)33-29(38-19-21-9-12-22(30)13-10-21)23(18-31)28(34)32-16-15-20-11-14-26(35-2)27(17-20)36-3/h5-14,17,33H,4,15-16,19H2,1-3H3,(H,32,34). The van der Waals surface area contributed by atoms with Crippen LogP contribution in [-0.4, -0.2) is 33.3 Å². The summed E-state index contributed by atoms with van der Waals surface area (Å²) in [5.41, 5.74) is 2.62. The van der Waals surface area contributed by atoms with Gasteiger partial charge in [-0.1, -0.05) is 41.9 Å². The van der Waals surface area contributed by atoms with E-state index < -0.39 is 5.91 Å². The lowest BCUT2D eigenvalue weighted by Gasteiger charge is -2.16. The highest BCUT2D eigenvalue weighted by Gasteiger charge is 2.18. The van der Waals surface area contributed by atoms with Gasteiger partial charge in [0.05, 0.1) is 31.5 Å². The number of anilines is 1. The number of ether oxygens (including phenoxy) is 3. The van der Waals surface area contributed by atoms with Crippen LogP contribution < -0.4 is 24.8 Å². The summed E-state index contributed by atoms with van der Waals surface area (Å²) in [7, 11) is 3.16. The number of thioether (sulfide) groups is 1. The van der Waals surface area contributed by atoms with E-state index >= 15 is 0 Å². The summed E-state index contributed by atoms with van der Waals surface area (Å²) in [6.07, 6.45) is 0.554. The third-order valence-corrected chi connectivity index (χ3v) is 6.77. The molecule has 0 aliphatic heterocycles. The van der Waals surface area contributed by atoms with Gasteiger partial charge in [0.1, 0.15) is 17.4 Å². The maximum Gasteiger partial charge on any atom is 0.264 e.